The monoisotopic (exact) mass is 410 g/mol. The van der Waals surface area contributed by atoms with Gasteiger partial charge < -0.3 is 9.80 Å². The summed E-state index contributed by atoms with van der Waals surface area (Å²) >= 11 is 0. The van der Waals surface area contributed by atoms with Crippen LogP contribution in [0.2, 0.25) is 0 Å². The summed E-state index contributed by atoms with van der Waals surface area (Å²) in [6, 6.07) is 0. The highest BCUT2D eigenvalue weighted by molar-refractivity contribution is 5.36. The number of hydrogen-bond acceptors (Lipinski definition) is 2. The first-order chi connectivity index (χ1) is 14.1. The summed E-state index contributed by atoms with van der Waals surface area (Å²) in [7, 11) is 0. The molecule has 0 N–H and O–H groups in total. The van der Waals surface area contributed by atoms with Crippen molar-refractivity contribution in [3.63, 3.8) is 0 Å². The van der Waals surface area contributed by atoms with Gasteiger partial charge in [0.2, 0.25) is 0 Å². The lowest BCUT2D eigenvalue weighted by Gasteiger charge is -2.40. The van der Waals surface area contributed by atoms with Gasteiger partial charge in [-0.3, -0.25) is 0 Å². The fourth-order valence-electron chi connectivity index (χ4n) is 5.93. The average molecular weight is 411 g/mol. The predicted molar refractivity (Wildman–Crippen MR) is 131 cm³/mol. The first-order valence-electron chi connectivity index (χ1n) is 12.5. The minimum Gasteiger partial charge on any atom is -0.355 e. The van der Waals surface area contributed by atoms with Crippen molar-refractivity contribution in [3.8, 4) is 0 Å². The molecule has 1 fully saturated rings. The van der Waals surface area contributed by atoms with E-state index >= 15 is 0 Å². The molecule has 2 nitrogen and oxygen atoms in total. The van der Waals surface area contributed by atoms with Crippen LogP contribution in [0.5, 0.6) is 0 Å². The van der Waals surface area contributed by atoms with Crippen LogP contribution in [-0.4, -0.2) is 29.6 Å². The molecule has 0 aromatic heterocycles. The minimum atomic E-state index is 0.575. The largest absolute Gasteiger partial charge is 0.355 e. The molecule has 0 aromatic rings. The zero-order chi connectivity index (χ0) is 22.2. The van der Waals surface area contributed by atoms with E-state index in [1.54, 1.807) is 22.5 Å². The van der Waals surface area contributed by atoms with Crippen LogP contribution in [0, 0.1) is 41.4 Å². The number of rotatable bonds is 6. The van der Waals surface area contributed by atoms with Crippen LogP contribution in [-0.2, 0) is 0 Å². The van der Waals surface area contributed by atoms with Gasteiger partial charge in [-0.25, -0.2) is 0 Å². The number of nitrogens with zero attached hydrogens (tertiary/aromatic N) is 2. The van der Waals surface area contributed by atoms with Crippen LogP contribution >= 0.6 is 0 Å². The average Bonchev–Trinajstić information content (AvgIpc) is 3.15. The van der Waals surface area contributed by atoms with E-state index in [2.05, 4.69) is 96.4 Å². The molecule has 0 amide bonds. The van der Waals surface area contributed by atoms with Gasteiger partial charge in [0.05, 0.1) is 6.67 Å². The molecule has 3 rings (SSSR count). The second-order valence-corrected chi connectivity index (χ2v) is 11.1. The number of allylic oxidation sites excluding steroid dienone is 8. The highest BCUT2D eigenvalue weighted by Gasteiger charge is 2.37. The lowest BCUT2D eigenvalue weighted by molar-refractivity contribution is 0.223. The third-order valence-electron chi connectivity index (χ3n) is 7.52. The van der Waals surface area contributed by atoms with Gasteiger partial charge in [0, 0.05) is 36.3 Å². The Labute approximate surface area is 186 Å². The molecular weight excluding hydrogens is 364 g/mol. The molecule has 1 aliphatic heterocycles. The molecule has 0 aromatic carbocycles. The summed E-state index contributed by atoms with van der Waals surface area (Å²) in [6.07, 6.45) is 10.9. The molecule has 2 aliphatic carbocycles. The van der Waals surface area contributed by atoms with Crippen LogP contribution in [0.4, 0.5) is 0 Å². The van der Waals surface area contributed by atoms with E-state index in [0.29, 0.717) is 41.4 Å². The van der Waals surface area contributed by atoms with Crippen LogP contribution in [0.15, 0.2) is 46.8 Å². The molecule has 0 radical (unpaired) electrons. The van der Waals surface area contributed by atoms with E-state index < -0.39 is 0 Å². The van der Waals surface area contributed by atoms with E-state index in [4.69, 9.17) is 0 Å². The topological polar surface area (TPSA) is 6.48 Å². The third-order valence-corrected chi connectivity index (χ3v) is 7.52. The molecule has 1 unspecified atom stereocenters. The molecule has 3 aliphatic rings. The predicted octanol–water partition coefficient (Wildman–Crippen LogP) is 7.09. The molecule has 1 heterocycles. The van der Waals surface area contributed by atoms with Gasteiger partial charge in [0.25, 0.3) is 0 Å². The highest BCUT2D eigenvalue weighted by Crippen LogP contribution is 2.42. The summed E-state index contributed by atoms with van der Waals surface area (Å²) in [4.78, 5) is 5.47. The van der Waals surface area contributed by atoms with Crippen LogP contribution in [0.25, 0.3) is 0 Å². The minimum absolute atomic E-state index is 0.575. The number of hydrogen-bond donors (Lipinski definition) is 0. The first kappa shape index (κ1) is 23.2. The lowest BCUT2D eigenvalue weighted by atomic mass is 9.75. The Balaban J connectivity index is 1.97. The van der Waals surface area contributed by atoms with Crippen molar-refractivity contribution in [3.05, 3.63) is 46.8 Å². The molecule has 30 heavy (non-hydrogen) atoms. The summed E-state index contributed by atoms with van der Waals surface area (Å²) in [5, 5.41) is 0. The van der Waals surface area contributed by atoms with Crippen molar-refractivity contribution >= 4 is 0 Å². The summed E-state index contributed by atoms with van der Waals surface area (Å²) < 4.78 is 0. The first-order valence-corrected chi connectivity index (χ1v) is 12.5. The van der Waals surface area contributed by atoms with Crippen LogP contribution in [0.1, 0.15) is 68.7 Å². The Bertz CT molecular complexity index is 732. The Hall–Kier alpha value is -1.44. The van der Waals surface area contributed by atoms with Gasteiger partial charge in [0.15, 0.2) is 0 Å². The maximum Gasteiger partial charge on any atom is 0.0899 e. The smallest absolute Gasteiger partial charge is 0.0899 e. The van der Waals surface area contributed by atoms with Crippen molar-refractivity contribution in [1.29, 1.82) is 0 Å². The van der Waals surface area contributed by atoms with Gasteiger partial charge in [-0.15, -0.1) is 0 Å². The highest BCUT2D eigenvalue weighted by atomic mass is 15.4. The quantitative estimate of drug-likeness (QED) is 0.461. The zero-order valence-electron chi connectivity index (χ0n) is 21.1. The van der Waals surface area contributed by atoms with Crippen molar-refractivity contribution in [1.82, 2.24) is 9.80 Å². The van der Waals surface area contributed by atoms with Gasteiger partial charge in [-0.05, 0) is 47.2 Å². The van der Waals surface area contributed by atoms with Gasteiger partial charge in [-0.1, -0.05) is 86.6 Å². The summed E-state index contributed by atoms with van der Waals surface area (Å²) in [5.74, 6) is 4.38. The second-order valence-electron chi connectivity index (χ2n) is 11.1. The Morgan fingerprint density at radius 2 is 1.33 bits per heavy atom. The third kappa shape index (κ3) is 4.43. The second kappa shape index (κ2) is 9.37. The fourth-order valence-corrected chi connectivity index (χ4v) is 5.93. The van der Waals surface area contributed by atoms with Gasteiger partial charge in [0.1, 0.15) is 0 Å². The zero-order valence-corrected chi connectivity index (χ0v) is 21.1. The fraction of sp³-hybridized carbons (Fsp3) is 0.714. The standard InChI is InChI=1S/C28H46N2/c1-18(2)23-11-10-12-24(19(3)4)27(23)29-15-16-30(17-29)28-25(20(5)6)14-13-22(9)26(28)21(7)8/h10-11,13-14,18-22,24,26H,12,15-17H2,1-9H3/t22?,24-,26+/m1/s1. The normalized spacial score (nSPS) is 27.8. The van der Waals surface area contributed by atoms with E-state index in [-0.39, 0.29) is 0 Å². The maximum atomic E-state index is 2.74. The summed E-state index contributed by atoms with van der Waals surface area (Å²) in [6.45, 7) is 24.8. The SMILES string of the molecule is CC(C)C1=C(N2CCN(C3=C(C(C)C)C=CC[C@@H]3C(C)C)C2)[C@@H](C(C)C)C(C)C=C1. The van der Waals surface area contributed by atoms with E-state index in [9.17, 15) is 0 Å². The van der Waals surface area contributed by atoms with Gasteiger partial charge >= 0.3 is 0 Å². The van der Waals surface area contributed by atoms with E-state index in [0.717, 1.165) is 19.8 Å². The van der Waals surface area contributed by atoms with Crippen molar-refractivity contribution in [2.45, 2.75) is 68.7 Å². The molecule has 2 heteroatoms. The Morgan fingerprint density at radius 1 is 0.767 bits per heavy atom. The lowest BCUT2D eigenvalue weighted by Crippen LogP contribution is -2.37. The van der Waals surface area contributed by atoms with Gasteiger partial charge in [-0.2, -0.15) is 0 Å². The molecule has 0 saturated carbocycles. The molecule has 1 saturated heterocycles. The van der Waals surface area contributed by atoms with E-state index in [1.807, 2.05) is 0 Å². The molecule has 0 spiro atoms. The summed E-state index contributed by atoms with van der Waals surface area (Å²) in [5.41, 5.74) is 6.40. The molecule has 0 bridgehead atoms. The molecule has 3 atom stereocenters. The van der Waals surface area contributed by atoms with Crippen molar-refractivity contribution in [2.24, 2.45) is 41.4 Å². The Kier molecular flexibility index (Phi) is 7.25. The van der Waals surface area contributed by atoms with Crippen molar-refractivity contribution < 1.29 is 0 Å². The van der Waals surface area contributed by atoms with Crippen LogP contribution < -0.4 is 0 Å². The van der Waals surface area contributed by atoms with Crippen molar-refractivity contribution in [2.75, 3.05) is 19.8 Å². The van der Waals surface area contributed by atoms with Crippen LogP contribution in [0.3, 0.4) is 0 Å². The molecular formula is C28H46N2. The van der Waals surface area contributed by atoms with E-state index in [1.165, 1.54) is 6.42 Å². The Morgan fingerprint density at radius 3 is 1.87 bits per heavy atom. The maximum absolute atomic E-state index is 2.74. The molecule has 168 valence electrons.